The van der Waals surface area contributed by atoms with Gasteiger partial charge in [-0.2, -0.15) is 5.10 Å². The van der Waals surface area contributed by atoms with Crippen LogP contribution < -0.4 is 5.32 Å². The summed E-state index contributed by atoms with van der Waals surface area (Å²) in [6.45, 7) is 4.00. The molecule has 6 nitrogen and oxygen atoms in total. The molecule has 3 aromatic rings. The SMILES string of the molecule is Cc1nn(C)c(C)c1C1SCC(=O)Nc2ncn(-c3ccc(F)cc3)c21. The van der Waals surface area contributed by atoms with E-state index in [1.54, 1.807) is 30.2 Å². The monoisotopic (exact) mass is 371 g/mol. The second-order valence-electron chi connectivity index (χ2n) is 6.27. The molecule has 3 heterocycles. The van der Waals surface area contributed by atoms with E-state index in [1.807, 2.05) is 30.1 Å². The van der Waals surface area contributed by atoms with Crippen LogP contribution in [0, 0.1) is 19.7 Å². The summed E-state index contributed by atoms with van der Waals surface area (Å²) >= 11 is 1.55. The number of anilines is 1. The number of nitrogens with one attached hydrogen (secondary N) is 1. The van der Waals surface area contributed by atoms with E-state index in [-0.39, 0.29) is 17.0 Å². The van der Waals surface area contributed by atoms with Crippen LogP contribution in [0.1, 0.15) is 27.9 Å². The zero-order chi connectivity index (χ0) is 18.4. The Labute approximate surface area is 154 Å². The standard InChI is InChI=1S/C18H18FN5OS/c1-10-15(11(2)23(3)22-10)17-16-18(21-14(25)8-26-17)20-9-24(16)13-6-4-12(19)5-7-13/h4-7,9,17H,8H2,1-3H3,(H,21,25). The van der Waals surface area contributed by atoms with Gasteiger partial charge in [0.25, 0.3) is 0 Å². The summed E-state index contributed by atoms with van der Waals surface area (Å²) in [5.74, 6) is 0.496. The van der Waals surface area contributed by atoms with Gasteiger partial charge in [0.05, 0.1) is 22.4 Å². The fourth-order valence-electron chi connectivity index (χ4n) is 3.31. The average Bonchev–Trinajstić information content (AvgIpc) is 3.06. The predicted molar refractivity (Wildman–Crippen MR) is 99.1 cm³/mol. The number of amides is 1. The topological polar surface area (TPSA) is 64.7 Å². The molecular formula is C18H18FN5OS. The van der Waals surface area contributed by atoms with Crippen LogP contribution in [-0.4, -0.2) is 31.0 Å². The zero-order valence-electron chi connectivity index (χ0n) is 14.7. The molecule has 0 aliphatic carbocycles. The summed E-state index contributed by atoms with van der Waals surface area (Å²) in [5, 5.41) is 7.30. The first-order valence-electron chi connectivity index (χ1n) is 8.20. The molecule has 1 amide bonds. The number of benzene rings is 1. The first-order valence-corrected chi connectivity index (χ1v) is 9.25. The highest BCUT2D eigenvalue weighted by atomic mass is 32.2. The second-order valence-corrected chi connectivity index (χ2v) is 7.37. The molecule has 1 aromatic carbocycles. The van der Waals surface area contributed by atoms with Crippen LogP contribution in [-0.2, 0) is 11.8 Å². The number of nitrogens with zero attached hydrogens (tertiary/aromatic N) is 4. The fourth-order valence-corrected chi connectivity index (χ4v) is 4.59. The molecule has 1 unspecified atom stereocenters. The number of imidazole rings is 1. The third-order valence-electron chi connectivity index (χ3n) is 4.62. The molecule has 1 N–H and O–H groups in total. The minimum atomic E-state index is -0.293. The van der Waals surface area contributed by atoms with Gasteiger partial charge in [-0.05, 0) is 38.1 Å². The Kier molecular flexibility index (Phi) is 4.07. The van der Waals surface area contributed by atoms with Crippen molar-refractivity contribution in [3.8, 4) is 5.69 Å². The summed E-state index contributed by atoms with van der Waals surface area (Å²) in [5.41, 5.74) is 4.72. The van der Waals surface area contributed by atoms with Gasteiger partial charge in [-0.1, -0.05) is 0 Å². The Hall–Kier alpha value is -2.61. The van der Waals surface area contributed by atoms with Crippen molar-refractivity contribution < 1.29 is 9.18 Å². The van der Waals surface area contributed by atoms with Crippen molar-refractivity contribution in [1.29, 1.82) is 0 Å². The van der Waals surface area contributed by atoms with Crippen molar-refractivity contribution in [1.82, 2.24) is 19.3 Å². The van der Waals surface area contributed by atoms with E-state index in [9.17, 15) is 9.18 Å². The molecule has 134 valence electrons. The van der Waals surface area contributed by atoms with Gasteiger partial charge < -0.3 is 5.32 Å². The predicted octanol–water partition coefficient (Wildman–Crippen LogP) is 3.14. The maximum Gasteiger partial charge on any atom is 0.235 e. The van der Waals surface area contributed by atoms with Crippen LogP contribution in [0.2, 0.25) is 0 Å². The number of fused-ring (bicyclic) bond motifs is 1. The summed E-state index contributed by atoms with van der Waals surface area (Å²) < 4.78 is 17.1. The minimum absolute atomic E-state index is 0.0812. The lowest BCUT2D eigenvalue weighted by atomic mass is 10.1. The molecule has 0 bridgehead atoms. The number of aromatic nitrogens is 4. The number of rotatable bonds is 2. The molecule has 4 rings (SSSR count). The van der Waals surface area contributed by atoms with Crippen LogP contribution in [0.3, 0.4) is 0 Å². The zero-order valence-corrected chi connectivity index (χ0v) is 15.5. The van der Waals surface area contributed by atoms with Crippen LogP contribution in [0.25, 0.3) is 5.69 Å². The molecule has 0 spiro atoms. The number of thioether (sulfide) groups is 1. The highest BCUT2D eigenvalue weighted by Gasteiger charge is 2.32. The van der Waals surface area contributed by atoms with Crippen molar-refractivity contribution in [3.63, 3.8) is 0 Å². The number of carbonyl (C=O) groups excluding carboxylic acids is 1. The number of aryl methyl sites for hydroxylation is 2. The normalized spacial score (nSPS) is 16.9. The quantitative estimate of drug-likeness (QED) is 0.752. The van der Waals surface area contributed by atoms with Crippen molar-refractivity contribution in [3.05, 3.63) is 59.1 Å². The fraction of sp³-hybridized carbons (Fsp3) is 0.278. The van der Waals surface area contributed by atoms with Crippen molar-refractivity contribution in [2.75, 3.05) is 11.1 Å². The van der Waals surface area contributed by atoms with Crippen LogP contribution >= 0.6 is 11.8 Å². The van der Waals surface area contributed by atoms with E-state index in [4.69, 9.17) is 0 Å². The lowest BCUT2D eigenvalue weighted by Gasteiger charge is -2.18. The van der Waals surface area contributed by atoms with Gasteiger partial charge in [0.1, 0.15) is 12.1 Å². The number of hydrogen-bond donors (Lipinski definition) is 1. The van der Waals surface area contributed by atoms with Gasteiger partial charge in [-0.3, -0.25) is 14.0 Å². The van der Waals surface area contributed by atoms with Gasteiger partial charge >= 0.3 is 0 Å². The Morgan fingerprint density at radius 1 is 1.27 bits per heavy atom. The number of carbonyl (C=O) groups is 1. The maximum atomic E-state index is 13.3. The van der Waals surface area contributed by atoms with Gasteiger partial charge in [0, 0.05) is 24.0 Å². The number of halogens is 1. The molecule has 0 radical (unpaired) electrons. The van der Waals surface area contributed by atoms with E-state index in [2.05, 4.69) is 15.4 Å². The van der Waals surface area contributed by atoms with Crippen molar-refractivity contribution >= 4 is 23.5 Å². The van der Waals surface area contributed by atoms with E-state index in [0.717, 1.165) is 28.3 Å². The molecule has 0 saturated carbocycles. The third kappa shape index (κ3) is 2.70. The van der Waals surface area contributed by atoms with Gasteiger partial charge in [0.15, 0.2) is 5.82 Å². The summed E-state index contributed by atoms with van der Waals surface area (Å²) in [6.07, 6.45) is 1.66. The van der Waals surface area contributed by atoms with Gasteiger partial charge in [0.2, 0.25) is 5.91 Å². The average molecular weight is 371 g/mol. The van der Waals surface area contributed by atoms with E-state index < -0.39 is 0 Å². The van der Waals surface area contributed by atoms with Crippen molar-refractivity contribution in [2.45, 2.75) is 19.1 Å². The highest BCUT2D eigenvalue weighted by Crippen LogP contribution is 2.44. The molecule has 1 aliphatic rings. The van der Waals surface area contributed by atoms with Crippen LogP contribution in [0.5, 0.6) is 0 Å². The first kappa shape index (κ1) is 16.8. The first-order chi connectivity index (χ1) is 12.5. The molecule has 1 atom stereocenters. The van der Waals surface area contributed by atoms with Crippen LogP contribution in [0.15, 0.2) is 30.6 Å². The maximum absolute atomic E-state index is 13.3. The highest BCUT2D eigenvalue weighted by molar-refractivity contribution is 8.00. The second kappa shape index (κ2) is 6.28. The van der Waals surface area contributed by atoms with E-state index in [0.29, 0.717) is 11.6 Å². The smallest absolute Gasteiger partial charge is 0.235 e. The van der Waals surface area contributed by atoms with Crippen molar-refractivity contribution in [2.24, 2.45) is 7.05 Å². The Balaban J connectivity index is 1.92. The molecule has 8 heteroatoms. The third-order valence-corrected chi connectivity index (χ3v) is 5.84. The molecular weight excluding hydrogens is 353 g/mol. The molecule has 0 saturated heterocycles. The Morgan fingerprint density at radius 2 is 2.00 bits per heavy atom. The van der Waals surface area contributed by atoms with Gasteiger partial charge in [-0.15, -0.1) is 11.8 Å². The van der Waals surface area contributed by atoms with Crippen LogP contribution in [0.4, 0.5) is 10.2 Å². The largest absolute Gasteiger partial charge is 0.308 e. The molecule has 0 fully saturated rings. The lowest BCUT2D eigenvalue weighted by Crippen LogP contribution is -2.12. The van der Waals surface area contributed by atoms with Gasteiger partial charge in [-0.25, -0.2) is 9.37 Å². The van der Waals surface area contributed by atoms with E-state index >= 15 is 0 Å². The molecule has 2 aromatic heterocycles. The molecule has 26 heavy (non-hydrogen) atoms. The molecule has 1 aliphatic heterocycles. The van der Waals surface area contributed by atoms with E-state index in [1.165, 1.54) is 12.1 Å². The summed E-state index contributed by atoms with van der Waals surface area (Å²) in [7, 11) is 1.91. The minimum Gasteiger partial charge on any atom is -0.308 e. The summed E-state index contributed by atoms with van der Waals surface area (Å²) in [4.78, 5) is 16.5. The number of hydrogen-bond acceptors (Lipinski definition) is 4. The Bertz CT molecular complexity index is 992. The Morgan fingerprint density at radius 3 is 2.65 bits per heavy atom. The summed E-state index contributed by atoms with van der Waals surface area (Å²) in [6, 6.07) is 6.24. The lowest BCUT2D eigenvalue weighted by molar-refractivity contribution is -0.113.